The van der Waals surface area contributed by atoms with Gasteiger partial charge in [-0.1, -0.05) is 35.8 Å². The van der Waals surface area contributed by atoms with E-state index in [-0.39, 0.29) is 0 Å². The molecule has 0 radical (unpaired) electrons. The summed E-state index contributed by atoms with van der Waals surface area (Å²) in [6, 6.07) is 12.1. The van der Waals surface area contributed by atoms with Crippen LogP contribution < -0.4 is 0 Å². The van der Waals surface area contributed by atoms with Crippen molar-refractivity contribution in [2.75, 3.05) is 13.1 Å². The summed E-state index contributed by atoms with van der Waals surface area (Å²) in [6.07, 6.45) is 1.80. The van der Waals surface area contributed by atoms with E-state index in [9.17, 15) is 0 Å². The van der Waals surface area contributed by atoms with Crippen molar-refractivity contribution in [1.29, 1.82) is 0 Å². The van der Waals surface area contributed by atoms with E-state index >= 15 is 0 Å². The molecule has 0 fully saturated rings. The molecule has 3 heterocycles. The molecule has 0 saturated carbocycles. The third-order valence-electron chi connectivity index (χ3n) is 4.80. The number of aromatic nitrogens is 4. The molecule has 138 valence electrons. The minimum atomic E-state index is 0.476. The summed E-state index contributed by atoms with van der Waals surface area (Å²) in [5, 5.41) is 8.90. The molecule has 1 aliphatic heterocycles. The number of halogens is 1. The summed E-state index contributed by atoms with van der Waals surface area (Å²) in [4.78, 5) is 11.7. The standard InChI is InChI=1S/C20H21BrN6/c1-3-26(4-2)13-19-25-24-18-12-23-20(16-7-5-6-10-22-16)15-11-14(21)8-9-17(15)27(18)19/h5-11H,3-4,12-13H2,1-2H3. The van der Waals surface area contributed by atoms with E-state index in [4.69, 9.17) is 4.99 Å². The molecule has 3 aromatic rings. The van der Waals surface area contributed by atoms with Crippen LogP contribution in [-0.4, -0.2) is 43.4 Å². The van der Waals surface area contributed by atoms with Crippen LogP contribution in [0.3, 0.4) is 0 Å². The monoisotopic (exact) mass is 424 g/mol. The van der Waals surface area contributed by atoms with Gasteiger partial charge >= 0.3 is 0 Å². The van der Waals surface area contributed by atoms with Crippen LogP contribution in [-0.2, 0) is 13.1 Å². The quantitative estimate of drug-likeness (QED) is 0.627. The fourth-order valence-corrected chi connectivity index (χ4v) is 3.69. The van der Waals surface area contributed by atoms with E-state index < -0.39 is 0 Å². The van der Waals surface area contributed by atoms with Crippen LogP contribution in [0.2, 0.25) is 0 Å². The molecular weight excluding hydrogens is 404 g/mol. The highest BCUT2D eigenvalue weighted by atomic mass is 79.9. The zero-order chi connectivity index (χ0) is 18.8. The molecule has 27 heavy (non-hydrogen) atoms. The molecule has 0 bridgehead atoms. The Bertz CT molecular complexity index is 975. The Labute approximate surface area is 167 Å². The average Bonchev–Trinajstić information content (AvgIpc) is 3.02. The van der Waals surface area contributed by atoms with Gasteiger partial charge in [0.1, 0.15) is 6.54 Å². The van der Waals surface area contributed by atoms with Gasteiger partial charge in [0.25, 0.3) is 0 Å². The normalized spacial score (nSPS) is 13.1. The summed E-state index contributed by atoms with van der Waals surface area (Å²) in [6.45, 7) is 7.51. The highest BCUT2D eigenvalue weighted by Gasteiger charge is 2.24. The maximum Gasteiger partial charge on any atom is 0.159 e. The lowest BCUT2D eigenvalue weighted by molar-refractivity contribution is 0.286. The van der Waals surface area contributed by atoms with Crippen LogP contribution in [0.25, 0.3) is 5.69 Å². The predicted octanol–water partition coefficient (Wildman–Crippen LogP) is 3.62. The van der Waals surface area contributed by atoms with Gasteiger partial charge in [-0.15, -0.1) is 10.2 Å². The lowest BCUT2D eigenvalue weighted by Gasteiger charge is -2.19. The van der Waals surface area contributed by atoms with Crippen molar-refractivity contribution in [3.05, 3.63) is 70.0 Å². The van der Waals surface area contributed by atoms with Gasteiger partial charge < -0.3 is 0 Å². The molecule has 7 heteroatoms. The molecule has 1 aromatic carbocycles. The number of pyridine rings is 1. The van der Waals surface area contributed by atoms with E-state index in [0.717, 1.165) is 58.4 Å². The number of fused-ring (bicyclic) bond motifs is 3. The Hall–Kier alpha value is -2.38. The first-order chi connectivity index (χ1) is 13.2. The SMILES string of the molecule is CCN(CC)Cc1nnc2n1-c1ccc(Br)cc1C(c1ccccn1)=NC2. The summed E-state index contributed by atoms with van der Waals surface area (Å²) in [5.41, 5.74) is 3.82. The molecule has 0 amide bonds. The Balaban J connectivity index is 1.87. The Morgan fingerprint density at radius 3 is 2.70 bits per heavy atom. The molecule has 0 saturated heterocycles. The van der Waals surface area contributed by atoms with Crippen LogP contribution in [0.1, 0.15) is 36.8 Å². The third-order valence-corrected chi connectivity index (χ3v) is 5.29. The number of aliphatic imine (C=N–C) groups is 1. The number of rotatable bonds is 5. The van der Waals surface area contributed by atoms with Crippen molar-refractivity contribution in [2.45, 2.75) is 26.9 Å². The van der Waals surface area contributed by atoms with Crippen molar-refractivity contribution >= 4 is 21.6 Å². The van der Waals surface area contributed by atoms with Gasteiger partial charge in [0.05, 0.1) is 23.6 Å². The predicted molar refractivity (Wildman–Crippen MR) is 109 cm³/mol. The average molecular weight is 425 g/mol. The Morgan fingerprint density at radius 1 is 1.11 bits per heavy atom. The molecule has 0 atom stereocenters. The van der Waals surface area contributed by atoms with E-state index in [1.165, 1.54) is 0 Å². The summed E-state index contributed by atoms with van der Waals surface area (Å²) in [5.74, 6) is 1.79. The minimum absolute atomic E-state index is 0.476. The minimum Gasteiger partial charge on any atom is -0.296 e. The first-order valence-corrected chi connectivity index (χ1v) is 9.92. The lowest BCUT2D eigenvalue weighted by atomic mass is 10.0. The van der Waals surface area contributed by atoms with Crippen molar-refractivity contribution in [3.8, 4) is 5.69 Å². The first-order valence-electron chi connectivity index (χ1n) is 9.13. The van der Waals surface area contributed by atoms with Crippen molar-refractivity contribution < 1.29 is 0 Å². The molecule has 2 aromatic heterocycles. The number of benzene rings is 1. The highest BCUT2D eigenvalue weighted by Crippen LogP contribution is 2.28. The van der Waals surface area contributed by atoms with Gasteiger partial charge in [-0.2, -0.15) is 0 Å². The van der Waals surface area contributed by atoms with Crippen molar-refractivity contribution in [3.63, 3.8) is 0 Å². The first kappa shape index (κ1) is 18.0. The fourth-order valence-electron chi connectivity index (χ4n) is 3.33. The van der Waals surface area contributed by atoms with Gasteiger partial charge in [-0.25, -0.2) is 0 Å². The zero-order valence-electron chi connectivity index (χ0n) is 15.4. The smallest absolute Gasteiger partial charge is 0.159 e. The van der Waals surface area contributed by atoms with E-state index in [2.05, 4.69) is 66.6 Å². The summed E-state index contributed by atoms with van der Waals surface area (Å²) >= 11 is 3.60. The zero-order valence-corrected chi connectivity index (χ0v) is 17.0. The second-order valence-electron chi connectivity index (χ2n) is 6.37. The highest BCUT2D eigenvalue weighted by molar-refractivity contribution is 9.10. The Morgan fingerprint density at radius 2 is 1.96 bits per heavy atom. The van der Waals surface area contributed by atoms with E-state index in [1.54, 1.807) is 6.20 Å². The van der Waals surface area contributed by atoms with Gasteiger partial charge in [-0.3, -0.25) is 19.4 Å². The van der Waals surface area contributed by atoms with Crippen LogP contribution in [0.5, 0.6) is 0 Å². The largest absolute Gasteiger partial charge is 0.296 e. The van der Waals surface area contributed by atoms with Crippen LogP contribution in [0, 0.1) is 0 Å². The lowest BCUT2D eigenvalue weighted by Crippen LogP contribution is -2.24. The maximum absolute atomic E-state index is 4.85. The molecule has 0 spiro atoms. The van der Waals surface area contributed by atoms with Crippen LogP contribution in [0.15, 0.2) is 52.1 Å². The summed E-state index contributed by atoms with van der Waals surface area (Å²) in [7, 11) is 0. The molecule has 4 rings (SSSR count). The van der Waals surface area contributed by atoms with Crippen molar-refractivity contribution in [2.24, 2.45) is 4.99 Å². The topological polar surface area (TPSA) is 59.2 Å². The van der Waals surface area contributed by atoms with E-state index in [0.29, 0.717) is 6.54 Å². The molecule has 0 unspecified atom stereocenters. The van der Waals surface area contributed by atoms with Gasteiger partial charge in [0.2, 0.25) is 0 Å². The maximum atomic E-state index is 4.85. The molecule has 6 nitrogen and oxygen atoms in total. The molecular formula is C20H21BrN6. The third kappa shape index (κ3) is 3.44. The number of hydrogen-bond donors (Lipinski definition) is 0. The molecule has 1 aliphatic rings. The van der Waals surface area contributed by atoms with Crippen molar-refractivity contribution in [1.82, 2.24) is 24.6 Å². The van der Waals surface area contributed by atoms with Gasteiger partial charge in [0, 0.05) is 16.2 Å². The fraction of sp³-hybridized carbons (Fsp3) is 0.300. The summed E-state index contributed by atoms with van der Waals surface area (Å²) < 4.78 is 3.16. The molecule has 0 N–H and O–H groups in total. The number of nitrogens with zero attached hydrogens (tertiary/aromatic N) is 6. The van der Waals surface area contributed by atoms with Crippen LogP contribution in [0.4, 0.5) is 0 Å². The number of hydrogen-bond acceptors (Lipinski definition) is 5. The van der Waals surface area contributed by atoms with Crippen LogP contribution >= 0.6 is 15.9 Å². The van der Waals surface area contributed by atoms with E-state index in [1.807, 2.05) is 24.3 Å². The second-order valence-corrected chi connectivity index (χ2v) is 7.29. The van der Waals surface area contributed by atoms with Gasteiger partial charge in [0.15, 0.2) is 11.6 Å². The second kappa shape index (κ2) is 7.70. The Kier molecular flexibility index (Phi) is 5.13. The van der Waals surface area contributed by atoms with Gasteiger partial charge in [-0.05, 0) is 43.4 Å². The molecule has 0 aliphatic carbocycles.